The number of aliphatic hydroxyl groups excluding tert-OH is 3. The Bertz CT molecular complexity index is 1810. The number of halogens is 1. The third-order valence-electron chi connectivity index (χ3n) is 9.17. The number of hydrogen-bond acceptors (Lipinski definition) is 13. The number of carbonyl (C=O) groups excluding carboxylic acids is 2. The van der Waals surface area contributed by atoms with E-state index in [0.717, 1.165) is 11.1 Å². The van der Waals surface area contributed by atoms with Crippen LogP contribution in [0.5, 0.6) is 11.5 Å². The molecule has 280 valence electrons. The zero-order chi connectivity index (χ0) is 36.4. The van der Waals surface area contributed by atoms with Crippen molar-refractivity contribution >= 4 is 47.3 Å². The van der Waals surface area contributed by atoms with Gasteiger partial charge < -0.3 is 55.7 Å². The number of nitrogens with zero attached hydrogens (tertiary/aromatic N) is 5. The number of benzene rings is 2. The molecule has 2 fully saturated rings. The maximum atomic E-state index is 12.5. The number of phenolic OH excluding ortho intramolecular Hbond substituents is 2. The average Bonchev–Trinajstić information content (AvgIpc) is 3.80. The molecule has 1 aliphatic carbocycles. The molecule has 16 nitrogen and oxygen atoms in total. The summed E-state index contributed by atoms with van der Waals surface area (Å²) >= 11 is 0. The van der Waals surface area contributed by atoms with Crippen molar-refractivity contribution in [2.45, 2.75) is 75.5 Å². The van der Waals surface area contributed by atoms with Crippen LogP contribution < -0.4 is 20.9 Å². The molecule has 2 aromatic carbocycles. The van der Waals surface area contributed by atoms with Gasteiger partial charge in [-0.1, -0.05) is 24.3 Å². The predicted octanol–water partition coefficient (Wildman–Crippen LogP) is 2.15. The second-order valence-electron chi connectivity index (χ2n) is 14.0. The summed E-state index contributed by atoms with van der Waals surface area (Å²) in [5, 5.41) is 59.9. The Kier molecular flexibility index (Phi) is 11.6. The molecule has 0 spiro atoms. The van der Waals surface area contributed by atoms with E-state index in [1.165, 1.54) is 6.33 Å². The Morgan fingerprint density at radius 1 is 0.962 bits per heavy atom. The Morgan fingerprint density at radius 2 is 1.60 bits per heavy atom. The van der Waals surface area contributed by atoms with Crippen LogP contribution in [0.25, 0.3) is 11.2 Å². The number of aliphatic hydroxyl groups is 3. The summed E-state index contributed by atoms with van der Waals surface area (Å²) in [4.78, 5) is 40.8. The van der Waals surface area contributed by atoms with Gasteiger partial charge in [-0.2, -0.15) is 9.97 Å². The fourth-order valence-corrected chi connectivity index (χ4v) is 6.67. The minimum atomic E-state index is -1.29. The van der Waals surface area contributed by atoms with Crippen LogP contribution >= 0.6 is 12.4 Å². The van der Waals surface area contributed by atoms with Crippen LogP contribution in [0.2, 0.25) is 0 Å². The first-order valence-electron chi connectivity index (χ1n) is 16.9. The van der Waals surface area contributed by atoms with Gasteiger partial charge >= 0.3 is 6.09 Å². The molecule has 0 radical (unpaired) electrons. The lowest BCUT2D eigenvalue weighted by atomic mass is 9.91. The van der Waals surface area contributed by atoms with Crippen LogP contribution in [0.15, 0.2) is 54.9 Å². The number of amides is 2. The molecule has 3 heterocycles. The molecule has 52 heavy (non-hydrogen) atoms. The van der Waals surface area contributed by atoms with E-state index in [2.05, 4.69) is 20.9 Å². The highest BCUT2D eigenvalue weighted by atomic mass is 35.5. The Balaban J connectivity index is 0.00000523. The van der Waals surface area contributed by atoms with Crippen LogP contribution in [0.1, 0.15) is 56.7 Å². The average molecular weight is 741 g/mol. The van der Waals surface area contributed by atoms with Crippen molar-refractivity contribution in [3.63, 3.8) is 0 Å². The molecule has 8 N–H and O–H groups in total. The van der Waals surface area contributed by atoms with Crippen molar-refractivity contribution in [3.8, 4) is 11.5 Å². The molecule has 2 aromatic heterocycles. The van der Waals surface area contributed by atoms with Gasteiger partial charge in [-0.15, -0.1) is 12.4 Å². The van der Waals surface area contributed by atoms with Crippen LogP contribution in [-0.2, 0) is 9.53 Å². The topological polar surface area (TPSA) is 227 Å². The van der Waals surface area contributed by atoms with E-state index in [-0.39, 0.29) is 42.3 Å². The molecule has 2 amide bonds. The summed E-state index contributed by atoms with van der Waals surface area (Å²) in [5.74, 6) is 0.109. The highest BCUT2D eigenvalue weighted by Gasteiger charge is 2.44. The van der Waals surface area contributed by atoms with E-state index in [9.17, 15) is 35.1 Å². The number of alkyl carbamates (subject to hydrolysis) is 1. The summed E-state index contributed by atoms with van der Waals surface area (Å²) in [6, 6.07) is 12.0. The number of nitrogens with one attached hydrogen (secondary N) is 3. The second kappa shape index (κ2) is 15.8. The lowest BCUT2D eigenvalue weighted by Gasteiger charge is -2.23. The molecule has 5 atom stereocenters. The molecule has 1 unspecified atom stereocenters. The first-order valence-corrected chi connectivity index (χ1v) is 16.9. The van der Waals surface area contributed by atoms with Crippen LogP contribution in [0, 0.1) is 0 Å². The van der Waals surface area contributed by atoms with Crippen molar-refractivity contribution in [2.24, 2.45) is 0 Å². The number of carbonyl (C=O) groups is 2. The second-order valence-corrected chi connectivity index (χ2v) is 14.0. The SMILES string of the molecule is CC(C)(C)OC(=O)NC1CCN(c2nc(NCC(c3ccc(O)cc3)c3ccc(O)cc3)c3ncn([C@@H]4C[C@H](NC(=O)CO)[C@@H](O)[C@H]4O)c3n2)C1.Cl. The first-order chi connectivity index (χ1) is 24.3. The maximum Gasteiger partial charge on any atom is 0.407 e. The number of phenols is 2. The molecule has 4 aromatic rings. The van der Waals surface area contributed by atoms with Gasteiger partial charge in [0.15, 0.2) is 17.0 Å². The van der Waals surface area contributed by atoms with Gasteiger partial charge in [0.25, 0.3) is 0 Å². The normalized spacial score (nSPS) is 21.6. The van der Waals surface area contributed by atoms with E-state index in [4.69, 9.17) is 14.7 Å². The molecule has 1 saturated heterocycles. The summed E-state index contributed by atoms with van der Waals surface area (Å²) in [5.41, 5.74) is 1.93. The molecule has 17 heteroatoms. The lowest BCUT2D eigenvalue weighted by molar-refractivity contribution is -0.125. The van der Waals surface area contributed by atoms with Gasteiger partial charge in [0, 0.05) is 25.6 Å². The van der Waals surface area contributed by atoms with Crippen molar-refractivity contribution < 1.29 is 39.9 Å². The van der Waals surface area contributed by atoms with Crippen LogP contribution in [0.3, 0.4) is 0 Å². The van der Waals surface area contributed by atoms with Crippen LogP contribution in [-0.4, -0.2) is 113 Å². The van der Waals surface area contributed by atoms with Gasteiger partial charge in [0.1, 0.15) is 35.9 Å². The molecule has 6 rings (SSSR count). The number of anilines is 2. The van der Waals surface area contributed by atoms with E-state index in [1.807, 2.05) is 29.2 Å². The number of fused-ring (bicyclic) bond motifs is 1. The molecule has 0 bridgehead atoms. The van der Waals surface area contributed by atoms with Gasteiger partial charge in [-0.3, -0.25) is 4.79 Å². The lowest BCUT2D eigenvalue weighted by Crippen LogP contribution is -2.44. The Morgan fingerprint density at radius 3 is 2.19 bits per heavy atom. The van der Waals surface area contributed by atoms with E-state index in [1.54, 1.807) is 49.6 Å². The quantitative estimate of drug-likeness (QED) is 0.117. The zero-order valence-corrected chi connectivity index (χ0v) is 29.8. The number of aromatic nitrogens is 4. The summed E-state index contributed by atoms with van der Waals surface area (Å²) in [6.07, 6.45) is -0.805. The van der Waals surface area contributed by atoms with Gasteiger partial charge in [-0.25, -0.2) is 9.78 Å². The highest BCUT2D eigenvalue weighted by Crippen LogP contribution is 2.36. The number of rotatable bonds is 10. The monoisotopic (exact) mass is 740 g/mol. The molecule has 1 aliphatic heterocycles. The van der Waals surface area contributed by atoms with Crippen molar-refractivity contribution in [2.75, 3.05) is 36.5 Å². The van der Waals surface area contributed by atoms with E-state index >= 15 is 0 Å². The van der Waals surface area contributed by atoms with Crippen molar-refractivity contribution in [3.05, 3.63) is 66.0 Å². The summed E-state index contributed by atoms with van der Waals surface area (Å²) < 4.78 is 7.11. The Hall–Kier alpha value is -4.90. The number of aromatic hydroxyl groups is 2. The third kappa shape index (κ3) is 8.58. The minimum Gasteiger partial charge on any atom is -0.508 e. The Labute approximate surface area is 306 Å². The summed E-state index contributed by atoms with van der Waals surface area (Å²) in [6.45, 7) is 5.90. The van der Waals surface area contributed by atoms with E-state index in [0.29, 0.717) is 49.0 Å². The fraction of sp³-hybridized carbons (Fsp3) is 0.457. The van der Waals surface area contributed by atoms with Crippen molar-refractivity contribution in [1.82, 2.24) is 30.2 Å². The molecular weight excluding hydrogens is 696 g/mol. The smallest absolute Gasteiger partial charge is 0.407 e. The largest absolute Gasteiger partial charge is 0.508 e. The number of hydrogen-bond donors (Lipinski definition) is 8. The minimum absolute atomic E-state index is 0. The number of imidazole rings is 1. The zero-order valence-electron chi connectivity index (χ0n) is 29.0. The van der Waals surface area contributed by atoms with E-state index < -0.39 is 48.5 Å². The standard InChI is InChI=1S/C35H44N8O8.ClH/c1-35(2,3)51-34(50)38-21-12-13-42(16-21)33-40-31(36-15-24(19-4-8-22(45)9-5-19)20-6-10-23(46)11-7-20)28-32(41-33)43(18-37-28)26-14-25(29(48)30(26)49)39-27(47)17-44;/h4-11,18,21,24-26,29-30,44-46,48-49H,12-17H2,1-3H3,(H,38,50)(H,39,47)(H,36,40,41);1H/t21?,25-,26+,29+,30-;/m0./s1. The third-order valence-corrected chi connectivity index (χ3v) is 9.17. The molecule has 2 aliphatic rings. The van der Waals surface area contributed by atoms with Gasteiger partial charge in [-0.05, 0) is 69.0 Å². The maximum absolute atomic E-state index is 12.5. The number of ether oxygens (including phenoxy) is 1. The first kappa shape index (κ1) is 38.3. The molecule has 1 saturated carbocycles. The van der Waals surface area contributed by atoms with Crippen LogP contribution in [0.4, 0.5) is 16.6 Å². The molecular formula is C35H45ClN8O8. The van der Waals surface area contributed by atoms with Gasteiger partial charge in [0.2, 0.25) is 11.9 Å². The summed E-state index contributed by atoms with van der Waals surface area (Å²) in [7, 11) is 0. The van der Waals surface area contributed by atoms with Crippen molar-refractivity contribution in [1.29, 1.82) is 0 Å². The predicted molar refractivity (Wildman–Crippen MR) is 194 cm³/mol. The fourth-order valence-electron chi connectivity index (χ4n) is 6.67. The highest BCUT2D eigenvalue weighted by molar-refractivity contribution is 5.85. The van der Waals surface area contributed by atoms with Gasteiger partial charge in [0.05, 0.1) is 24.5 Å².